The summed E-state index contributed by atoms with van der Waals surface area (Å²) in [6, 6.07) is 20.1. The second-order valence-corrected chi connectivity index (χ2v) is 8.35. The number of hydrogen-bond acceptors (Lipinski definition) is 7. The number of carboxylic acids is 1. The second kappa shape index (κ2) is 17.0. The maximum atomic E-state index is 12.7. The molecule has 0 saturated heterocycles. The number of aryl methyl sites for hydroxylation is 1. The van der Waals surface area contributed by atoms with Crippen LogP contribution in [-0.2, 0) is 32.1 Å². The van der Waals surface area contributed by atoms with Crippen LogP contribution >= 0.6 is 24.0 Å². The van der Waals surface area contributed by atoms with Gasteiger partial charge in [0.1, 0.15) is 12.3 Å². The monoisotopic (exact) mass is 588 g/mol. The Hall–Kier alpha value is -4.70. The van der Waals surface area contributed by atoms with Crippen LogP contribution in [0.4, 0.5) is 5.69 Å². The Kier molecular flexibility index (Phi) is 14.2. The van der Waals surface area contributed by atoms with Gasteiger partial charge in [0.15, 0.2) is 5.96 Å². The highest BCUT2D eigenvalue weighted by atomic mass is 35.5. The molecule has 0 saturated carbocycles. The van der Waals surface area contributed by atoms with E-state index in [0.717, 1.165) is 5.56 Å². The Morgan fingerprint density at radius 3 is 2.15 bits per heavy atom. The van der Waals surface area contributed by atoms with Gasteiger partial charge in [-0.05, 0) is 53.9 Å². The van der Waals surface area contributed by atoms with E-state index in [4.69, 9.17) is 37.4 Å². The number of carboxylic acid groups (broad SMARTS) is 1. The first-order valence-corrected chi connectivity index (χ1v) is 11.7. The third kappa shape index (κ3) is 11.4. The fourth-order valence-corrected chi connectivity index (χ4v) is 3.65. The van der Waals surface area contributed by atoms with E-state index in [9.17, 15) is 19.5 Å². The van der Waals surface area contributed by atoms with Crippen molar-refractivity contribution in [3.05, 3.63) is 94.5 Å². The van der Waals surface area contributed by atoms with E-state index in [2.05, 4.69) is 4.99 Å². The largest absolute Gasteiger partial charge is 0.480 e. The summed E-state index contributed by atoms with van der Waals surface area (Å²) in [5.41, 5.74) is 13.0. The molecule has 0 heterocycles. The summed E-state index contributed by atoms with van der Waals surface area (Å²) in [5, 5.41) is 9.52. The third-order valence-corrected chi connectivity index (χ3v) is 5.45. The first-order valence-electron chi connectivity index (χ1n) is 11.4. The highest BCUT2D eigenvalue weighted by Gasteiger charge is 2.18. The number of rotatable bonds is 10. The highest BCUT2D eigenvalue weighted by Crippen LogP contribution is 2.25. The molecule has 3 rings (SSSR count). The average Bonchev–Trinajstić information content (AvgIpc) is 2.88. The zero-order chi connectivity index (χ0) is 28.8. The number of carbonyl (C=O) groups is 3. The van der Waals surface area contributed by atoms with Gasteiger partial charge in [-0.15, -0.1) is 12.4 Å². The summed E-state index contributed by atoms with van der Waals surface area (Å²) >= 11 is 6.36. The van der Waals surface area contributed by atoms with Crippen molar-refractivity contribution in [1.29, 1.82) is 0 Å². The maximum Gasteiger partial charge on any atom is 0.373 e. The lowest BCUT2D eigenvalue weighted by Gasteiger charge is -2.21. The summed E-state index contributed by atoms with van der Waals surface area (Å²) in [4.78, 5) is 57.8. The van der Waals surface area contributed by atoms with E-state index >= 15 is 0 Å². The third-order valence-electron chi connectivity index (χ3n) is 5.10. The van der Waals surface area contributed by atoms with Gasteiger partial charge in [0.05, 0.1) is 11.3 Å². The molecular formula is C27H26Cl2N4O7. The molecule has 13 heteroatoms. The molecule has 5 N–H and O–H groups in total. The van der Waals surface area contributed by atoms with Crippen LogP contribution in [0.15, 0.2) is 77.8 Å². The second-order valence-electron chi connectivity index (χ2n) is 7.94. The van der Waals surface area contributed by atoms with Crippen molar-refractivity contribution < 1.29 is 33.8 Å². The Balaban J connectivity index is 0.00000191. The SMILES string of the molecule is Cl.NC(N)=Nc1ccc(C(=O)Oc2ccc(CCC(=O)N(CC(=O)O)Cc3ccccc3)c(Cl)c2)cc1.O=C=O. The number of hydrogen-bond donors (Lipinski definition) is 3. The predicted molar refractivity (Wildman–Crippen MR) is 148 cm³/mol. The lowest BCUT2D eigenvalue weighted by Crippen LogP contribution is -2.35. The summed E-state index contributed by atoms with van der Waals surface area (Å²) < 4.78 is 5.38. The lowest BCUT2D eigenvalue weighted by molar-refractivity contribution is -0.191. The van der Waals surface area contributed by atoms with Gasteiger partial charge in [0.25, 0.3) is 0 Å². The molecule has 210 valence electrons. The van der Waals surface area contributed by atoms with Crippen molar-refractivity contribution in [2.45, 2.75) is 19.4 Å². The van der Waals surface area contributed by atoms with Gasteiger partial charge >= 0.3 is 18.1 Å². The highest BCUT2D eigenvalue weighted by molar-refractivity contribution is 6.31. The Bertz CT molecular complexity index is 1360. The van der Waals surface area contributed by atoms with Crippen molar-refractivity contribution in [3.8, 4) is 5.75 Å². The topological polar surface area (TPSA) is 182 Å². The number of guanidine groups is 1. The van der Waals surface area contributed by atoms with Crippen molar-refractivity contribution in [1.82, 2.24) is 4.90 Å². The molecule has 11 nitrogen and oxygen atoms in total. The molecule has 0 aromatic heterocycles. The molecule has 3 aromatic carbocycles. The smallest absolute Gasteiger partial charge is 0.373 e. The van der Waals surface area contributed by atoms with Crippen LogP contribution in [0.5, 0.6) is 5.75 Å². The molecule has 0 radical (unpaired) electrons. The number of aliphatic imine (C=N–C) groups is 1. The van der Waals surface area contributed by atoms with Gasteiger partial charge in [0.2, 0.25) is 5.91 Å². The Morgan fingerprint density at radius 2 is 1.60 bits per heavy atom. The molecule has 0 fully saturated rings. The fourth-order valence-electron chi connectivity index (χ4n) is 3.38. The molecule has 0 atom stereocenters. The van der Waals surface area contributed by atoms with Crippen LogP contribution in [0.1, 0.15) is 27.9 Å². The quantitative estimate of drug-likeness (QED) is 0.138. The Morgan fingerprint density at radius 1 is 0.975 bits per heavy atom. The van der Waals surface area contributed by atoms with Gasteiger partial charge in [0, 0.05) is 18.0 Å². The molecule has 3 aromatic rings. The summed E-state index contributed by atoms with van der Waals surface area (Å²) in [5.74, 6) is -1.83. The number of nitrogens with two attached hydrogens (primary N) is 2. The standard InChI is InChI=1S/C26H25ClN4O5.CO2.ClH/c27-22-14-21(36-25(35)19-6-10-20(11-7-19)30-26(28)29)12-8-18(22)9-13-23(32)31(16-24(33)34)15-17-4-2-1-3-5-17;2-1-3;/h1-8,10-12,14H,9,13,15-16H2,(H,33,34)(H4,28,29,30);;1H. The number of benzene rings is 3. The molecule has 0 spiro atoms. The minimum Gasteiger partial charge on any atom is -0.480 e. The number of ether oxygens (including phenoxy) is 1. The van der Waals surface area contributed by atoms with Crippen molar-refractivity contribution in [2.75, 3.05) is 6.54 Å². The first-order chi connectivity index (χ1) is 18.6. The molecule has 0 bridgehead atoms. The molecule has 1 amide bonds. The van der Waals surface area contributed by atoms with E-state index in [1.54, 1.807) is 24.3 Å². The molecule has 0 aliphatic heterocycles. The molecule has 0 unspecified atom stereocenters. The normalized spacial score (nSPS) is 9.53. The van der Waals surface area contributed by atoms with Crippen molar-refractivity contribution in [2.24, 2.45) is 16.5 Å². The van der Waals surface area contributed by atoms with Gasteiger partial charge in [-0.3, -0.25) is 9.59 Å². The van der Waals surface area contributed by atoms with E-state index in [0.29, 0.717) is 28.3 Å². The maximum absolute atomic E-state index is 12.7. The molecule has 0 aliphatic carbocycles. The molecule has 0 aliphatic rings. The first kappa shape index (κ1) is 33.3. The van der Waals surface area contributed by atoms with Gasteiger partial charge in [-0.2, -0.15) is 9.59 Å². The van der Waals surface area contributed by atoms with Crippen LogP contribution in [0.2, 0.25) is 5.02 Å². The minimum absolute atomic E-state index is 0. The fraction of sp³-hybridized carbons (Fsp3) is 0.148. The predicted octanol–water partition coefficient (Wildman–Crippen LogP) is 3.35. The number of halogens is 2. The number of nitrogens with zero attached hydrogens (tertiary/aromatic N) is 2. The number of aliphatic carboxylic acids is 1. The van der Waals surface area contributed by atoms with Gasteiger partial charge in [-0.1, -0.05) is 48.0 Å². The summed E-state index contributed by atoms with van der Waals surface area (Å²) in [6.45, 7) is -0.204. The summed E-state index contributed by atoms with van der Waals surface area (Å²) in [7, 11) is 0. The van der Waals surface area contributed by atoms with Crippen molar-refractivity contribution >= 4 is 59.7 Å². The van der Waals surface area contributed by atoms with E-state index in [1.165, 1.54) is 23.1 Å². The van der Waals surface area contributed by atoms with Gasteiger partial charge < -0.3 is 26.2 Å². The number of amides is 1. The average molecular weight is 589 g/mol. The lowest BCUT2D eigenvalue weighted by atomic mass is 10.1. The number of esters is 1. The van der Waals surface area contributed by atoms with E-state index in [-0.39, 0.29) is 49.1 Å². The molecule has 40 heavy (non-hydrogen) atoms. The van der Waals surface area contributed by atoms with Crippen molar-refractivity contribution in [3.63, 3.8) is 0 Å². The molecular weight excluding hydrogens is 563 g/mol. The summed E-state index contributed by atoms with van der Waals surface area (Å²) in [6.07, 6.45) is 0.615. The van der Waals surface area contributed by atoms with E-state index < -0.39 is 18.5 Å². The van der Waals surface area contributed by atoms with Crippen LogP contribution < -0.4 is 16.2 Å². The zero-order valence-corrected chi connectivity index (χ0v) is 22.6. The Labute approximate surface area is 240 Å². The number of carbonyl (C=O) groups excluding carboxylic acids is 4. The van der Waals surface area contributed by atoms with Crippen LogP contribution in [-0.4, -0.2) is 46.5 Å². The van der Waals surface area contributed by atoms with E-state index in [1.807, 2.05) is 30.3 Å². The zero-order valence-electron chi connectivity index (χ0n) is 21.0. The van der Waals surface area contributed by atoms with Crippen LogP contribution in [0.3, 0.4) is 0 Å². The van der Waals surface area contributed by atoms with Crippen LogP contribution in [0, 0.1) is 0 Å². The minimum atomic E-state index is -1.09. The van der Waals surface area contributed by atoms with Gasteiger partial charge in [-0.25, -0.2) is 9.79 Å². The van der Waals surface area contributed by atoms with Crippen LogP contribution in [0.25, 0.3) is 0 Å².